The summed E-state index contributed by atoms with van der Waals surface area (Å²) in [5, 5.41) is 21.4. The Balaban J connectivity index is 0.00000300. The lowest BCUT2D eigenvalue weighted by Gasteiger charge is -2.23. The van der Waals surface area contributed by atoms with Crippen molar-refractivity contribution in [3.05, 3.63) is 59.9 Å². The molecule has 1 aromatic carbocycles. The Morgan fingerprint density at radius 2 is 2.03 bits per heavy atom. The van der Waals surface area contributed by atoms with Gasteiger partial charge < -0.3 is 20.6 Å². The van der Waals surface area contributed by atoms with Gasteiger partial charge in [0.25, 0.3) is 0 Å². The van der Waals surface area contributed by atoms with Crippen molar-refractivity contribution >= 4 is 35.6 Å². The largest absolute Gasteiger partial charge is 0.383 e. The van der Waals surface area contributed by atoms with E-state index in [0.29, 0.717) is 19.0 Å². The smallest absolute Gasteiger partial charge is 0.191 e. The van der Waals surface area contributed by atoms with E-state index in [9.17, 15) is 5.11 Å². The van der Waals surface area contributed by atoms with Gasteiger partial charge in [0.1, 0.15) is 5.60 Å². The zero-order chi connectivity index (χ0) is 20.0. The van der Waals surface area contributed by atoms with Crippen molar-refractivity contribution in [1.82, 2.24) is 20.4 Å². The zero-order valence-corrected chi connectivity index (χ0v) is 19.6. The van der Waals surface area contributed by atoms with Crippen molar-refractivity contribution in [2.24, 2.45) is 12.0 Å². The van der Waals surface area contributed by atoms with Crippen LogP contribution < -0.4 is 15.5 Å². The first-order valence-electron chi connectivity index (χ1n) is 9.70. The number of nitrogens with one attached hydrogen (secondary N) is 2. The number of nitrogens with zero attached hydrogens (tertiary/aromatic N) is 4. The molecule has 0 amide bonds. The number of aliphatic hydroxyl groups is 1. The number of aromatic nitrogens is 2. The van der Waals surface area contributed by atoms with Gasteiger partial charge in [-0.25, -0.2) is 4.99 Å². The fourth-order valence-electron chi connectivity index (χ4n) is 3.11. The lowest BCUT2D eigenvalue weighted by atomic mass is 10.00. The predicted molar refractivity (Wildman–Crippen MR) is 129 cm³/mol. The molecule has 1 aliphatic rings. The lowest BCUT2D eigenvalue weighted by Crippen LogP contribution is -2.44. The SMILES string of the molecule is CCNC(=NCc1cccc(N2CC=CC2)c1)NCC(C)(O)c1cnn(C)c1.I. The Hall–Kier alpha value is -2.07. The quantitative estimate of drug-likeness (QED) is 0.231. The van der Waals surface area contributed by atoms with E-state index >= 15 is 0 Å². The molecule has 1 aromatic heterocycles. The average Bonchev–Trinajstić information content (AvgIpc) is 3.36. The fraction of sp³-hybridized carbons (Fsp3) is 0.429. The number of aliphatic imine (C=N–C) groups is 1. The maximum atomic E-state index is 10.7. The fourth-order valence-corrected chi connectivity index (χ4v) is 3.11. The van der Waals surface area contributed by atoms with Crippen LogP contribution in [0, 0.1) is 0 Å². The summed E-state index contributed by atoms with van der Waals surface area (Å²) in [6.07, 6.45) is 7.88. The highest BCUT2D eigenvalue weighted by Crippen LogP contribution is 2.20. The van der Waals surface area contributed by atoms with Crippen LogP contribution >= 0.6 is 24.0 Å². The van der Waals surface area contributed by atoms with E-state index in [-0.39, 0.29) is 24.0 Å². The molecule has 1 unspecified atom stereocenters. The number of anilines is 1. The molecule has 29 heavy (non-hydrogen) atoms. The number of guanidine groups is 1. The summed E-state index contributed by atoms with van der Waals surface area (Å²) in [6.45, 7) is 7.37. The van der Waals surface area contributed by atoms with Gasteiger partial charge in [0.2, 0.25) is 0 Å². The first kappa shape index (κ1) is 23.2. The highest BCUT2D eigenvalue weighted by molar-refractivity contribution is 14.0. The minimum Gasteiger partial charge on any atom is -0.383 e. The third kappa shape index (κ3) is 6.46. The molecule has 2 heterocycles. The standard InChI is InChI=1S/C21H30N6O.HI/c1-4-22-20(24-16-21(2,28)18-14-25-26(3)15-18)23-13-17-8-7-9-19(12-17)27-10-5-6-11-27;/h5-9,12,14-15,28H,4,10-11,13,16H2,1-3H3,(H2,22,23,24);1H. The Labute approximate surface area is 189 Å². The van der Waals surface area contributed by atoms with Crippen LogP contribution in [-0.2, 0) is 19.2 Å². The minimum atomic E-state index is -1.03. The maximum absolute atomic E-state index is 10.7. The summed E-state index contributed by atoms with van der Waals surface area (Å²) in [4.78, 5) is 7.00. The van der Waals surface area contributed by atoms with E-state index in [4.69, 9.17) is 0 Å². The molecule has 3 rings (SSSR count). The van der Waals surface area contributed by atoms with Crippen LogP contribution in [0.1, 0.15) is 25.0 Å². The Morgan fingerprint density at radius 3 is 2.69 bits per heavy atom. The third-order valence-electron chi connectivity index (χ3n) is 4.78. The van der Waals surface area contributed by atoms with Crippen molar-refractivity contribution in [2.45, 2.75) is 26.0 Å². The Kier molecular flexibility index (Phi) is 8.51. The molecule has 158 valence electrons. The molecule has 0 radical (unpaired) electrons. The summed E-state index contributed by atoms with van der Waals surface area (Å²) in [7, 11) is 1.84. The van der Waals surface area contributed by atoms with Crippen LogP contribution in [0.25, 0.3) is 0 Å². The van der Waals surface area contributed by atoms with Crippen LogP contribution in [-0.4, -0.2) is 47.0 Å². The number of hydrogen-bond donors (Lipinski definition) is 3. The third-order valence-corrected chi connectivity index (χ3v) is 4.78. The highest BCUT2D eigenvalue weighted by atomic mass is 127. The summed E-state index contributed by atoms with van der Waals surface area (Å²) in [5.74, 6) is 0.680. The van der Waals surface area contributed by atoms with Gasteiger partial charge in [-0.05, 0) is 31.5 Å². The molecule has 2 aromatic rings. The monoisotopic (exact) mass is 510 g/mol. The Bertz CT molecular complexity index is 837. The number of benzene rings is 1. The number of rotatable bonds is 7. The van der Waals surface area contributed by atoms with E-state index < -0.39 is 5.60 Å². The van der Waals surface area contributed by atoms with Crippen LogP contribution in [0.15, 0.2) is 53.8 Å². The molecule has 0 saturated carbocycles. The molecular formula is C21H31IN6O. The van der Waals surface area contributed by atoms with Gasteiger partial charge in [-0.3, -0.25) is 4.68 Å². The van der Waals surface area contributed by atoms with E-state index in [1.807, 2.05) is 20.2 Å². The van der Waals surface area contributed by atoms with E-state index in [1.54, 1.807) is 17.8 Å². The van der Waals surface area contributed by atoms with Crippen molar-refractivity contribution in [3.63, 3.8) is 0 Å². The van der Waals surface area contributed by atoms with E-state index in [2.05, 4.69) is 62.0 Å². The van der Waals surface area contributed by atoms with Crippen molar-refractivity contribution in [2.75, 3.05) is 31.1 Å². The van der Waals surface area contributed by atoms with E-state index in [1.165, 1.54) is 5.69 Å². The van der Waals surface area contributed by atoms with Crippen LogP contribution in [0.2, 0.25) is 0 Å². The highest BCUT2D eigenvalue weighted by Gasteiger charge is 2.25. The number of hydrogen-bond acceptors (Lipinski definition) is 4. The van der Waals surface area contributed by atoms with Crippen molar-refractivity contribution in [3.8, 4) is 0 Å². The second-order valence-electron chi connectivity index (χ2n) is 7.27. The lowest BCUT2D eigenvalue weighted by molar-refractivity contribution is 0.0616. The van der Waals surface area contributed by atoms with Crippen LogP contribution in [0.5, 0.6) is 0 Å². The van der Waals surface area contributed by atoms with Gasteiger partial charge in [0.15, 0.2) is 5.96 Å². The Morgan fingerprint density at radius 1 is 1.28 bits per heavy atom. The number of halogens is 1. The maximum Gasteiger partial charge on any atom is 0.191 e. The molecule has 0 saturated heterocycles. The first-order valence-corrected chi connectivity index (χ1v) is 9.70. The normalized spacial score (nSPS) is 15.7. The first-order chi connectivity index (χ1) is 13.5. The molecule has 0 spiro atoms. The summed E-state index contributed by atoms with van der Waals surface area (Å²) >= 11 is 0. The van der Waals surface area contributed by atoms with Gasteiger partial charge in [0, 0.05) is 44.1 Å². The topological polar surface area (TPSA) is 77.7 Å². The van der Waals surface area contributed by atoms with Crippen molar-refractivity contribution < 1.29 is 5.11 Å². The second kappa shape index (κ2) is 10.6. The van der Waals surface area contributed by atoms with Gasteiger partial charge in [-0.15, -0.1) is 24.0 Å². The van der Waals surface area contributed by atoms with Gasteiger partial charge in [0.05, 0.1) is 19.3 Å². The van der Waals surface area contributed by atoms with Crippen LogP contribution in [0.3, 0.4) is 0 Å². The molecule has 0 bridgehead atoms. The van der Waals surface area contributed by atoms with Crippen LogP contribution in [0.4, 0.5) is 5.69 Å². The molecular weight excluding hydrogens is 479 g/mol. The van der Waals surface area contributed by atoms with Gasteiger partial charge >= 0.3 is 0 Å². The summed E-state index contributed by atoms with van der Waals surface area (Å²) < 4.78 is 1.69. The molecule has 3 N–H and O–H groups in total. The summed E-state index contributed by atoms with van der Waals surface area (Å²) in [6, 6.07) is 8.48. The molecule has 8 heteroatoms. The molecule has 0 fully saturated rings. The van der Waals surface area contributed by atoms with Gasteiger partial charge in [-0.2, -0.15) is 5.10 Å². The van der Waals surface area contributed by atoms with Gasteiger partial charge in [-0.1, -0.05) is 24.3 Å². The predicted octanol–water partition coefficient (Wildman–Crippen LogP) is 2.38. The molecule has 1 atom stereocenters. The van der Waals surface area contributed by atoms with E-state index in [0.717, 1.165) is 30.8 Å². The second-order valence-corrected chi connectivity index (χ2v) is 7.27. The zero-order valence-electron chi connectivity index (χ0n) is 17.3. The van der Waals surface area contributed by atoms with Crippen molar-refractivity contribution in [1.29, 1.82) is 0 Å². The number of aryl methyl sites for hydroxylation is 1. The average molecular weight is 510 g/mol. The molecule has 0 aliphatic carbocycles. The molecule has 7 nitrogen and oxygen atoms in total. The summed E-state index contributed by atoms with van der Waals surface area (Å²) in [5.41, 5.74) is 2.11. The molecule has 1 aliphatic heterocycles. The minimum absolute atomic E-state index is 0.